The number of hydrogen-bond acceptors (Lipinski definition) is 3. The van der Waals surface area contributed by atoms with Crippen LogP contribution in [0, 0.1) is 14.9 Å². The molecule has 0 spiro atoms. The highest BCUT2D eigenvalue weighted by Crippen LogP contribution is 2.26. The highest BCUT2D eigenvalue weighted by atomic mass is 127. The van der Waals surface area contributed by atoms with Crippen molar-refractivity contribution in [3.05, 3.63) is 57.2 Å². The van der Waals surface area contributed by atoms with E-state index in [0.29, 0.717) is 23.6 Å². The molecule has 0 heterocycles. The van der Waals surface area contributed by atoms with E-state index in [1.54, 1.807) is 12.1 Å². The summed E-state index contributed by atoms with van der Waals surface area (Å²) in [7, 11) is 0. The fourth-order valence-corrected chi connectivity index (χ4v) is 1.87. The van der Waals surface area contributed by atoms with Gasteiger partial charge in [-0.2, -0.15) is 5.26 Å². The molecule has 0 atom stereocenters. The van der Waals surface area contributed by atoms with Crippen molar-refractivity contribution < 1.29 is 4.74 Å². The molecule has 90 valence electrons. The Hall–Kier alpha value is -1.58. The molecule has 4 heteroatoms. The molecule has 0 saturated carbocycles. The lowest BCUT2D eigenvalue weighted by Gasteiger charge is -2.08. The Bertz CT molecular complexity index is 588. The molecule has 2 aromatic rings. The number of ether oxygens (including phenoxy) is 1. The van der Waals surface area contributed by atoms with Gasteiger partial charge in [0.1, 0.15) is 17.6 Å². The van der Waals surface area contributed by atoms with Gasteiger partial charge in [-0.15, -0.1) is 0 Å². The average Bonchev–Trinajstić information content (AvgIpc) is 2.41. The molecule has 0 amide bonds. The Labute approximate surface area is 119 Å². The van der Waals surface area contributed by atoms with Crippen molar-refractivity contribution in [2.75, 3.05) is 0 Å². The summed E-state index contributed by atoms with van der Waals surface area (Å²) in [6.07, 6.45) is 0. The van der Waals surface area contributed by atoms with Crippen LogP contribution in [-0.4, -0.2) is 0 Å². The first-order chi connectivity index (χ1) is 8.72. The van der Waals surface area contributed by atoms with E-state index < -0.39 is 0 Å². The van der Waals surface area contributed by atoms with Crippen LogP contribution in [0.4, 0.5) is 0 Å². The minimum atomic E-state index is 0.415. The lowest BCUT2D eigenvalue weighted by atomic mass is 10.1. The number of halogens is 1. The molecule has 2 aromatic carbocycles. The van der Waals surface area contributed by atoms with Gasteiger partial charge in [-0.3, -0.25) is 0 Å². The van der Waals surface area contributed by atoms with Crippen LogP contribution in [0.1, 0.15) is 11.1 Å². The molecular weight excluding hydrogens is 339 g/mol. The summed E-state index contributed by atoms with van der Waals surface area (Å²) in [6, 6.07) is 15.2. The maximum absolute atomic E-state index is 9.09. The Morgan fingerprint density at radius 3 is 2.50 bits per heavy atom. The monoisotopic (exact) mass is 350 g/mol. The molecule has 0 aromatic heterocycles. The summed E-state index contributed by atoms with van der Waals surface area (Å²) in [4.78, 5) is 0. The van der Waals surface area contributed by atoms with E-state index in [1.165, 1.54) is 0 Å². The van der Waals surface area contributed by atoms with Gasteiger partial charge in [-0.1, -0.05) is 6.07 Å². The van der Waals surface area contributed by atoms with Gasteiger partial charge in [0.2, 0.25) is 0 Å². The molecule has 18 heavy (non-hydrogen) atoms. The molecule has 0 bridgehead atoms. The quantitative estimate of drug-likeness (QED) is 0.863. The first-order valence-electron chi connectivity index (χ1n) is 5.39. The fourth-order valence-electron chi connectivity index (χ4n) is 1.51. The predicted molar refractivity (Wildman–Crippen MR) is 78.3 cm³/mol. The second kappa shape index (κ2) is 5.85. The van der Waals surface area contributed by atoms with E-state index in [1.807, 2.05) is 30.3 Å². The van der Waals surface area contributed by atoms with Crippen LogP contribution < -0.4 is 10.5 Å². The van der Waals surface area contributed by atoms with Gasteiger partial charge in [0.15, 0.2) is 0 Å². The summed E-state index contributed by atoms with van der Waals surface area (Å²) < 4.78 is 6.83. The number of rotatable bonds is 3. The zero-order valence-corrected chi connectivity index (χ0v) is 11.7. The van der Waals surface area contributed by atoms with E-state index in [4.69, 9.17) is 15.7 Å². The van der Waals surface area contributed by atoms with Crippen LogP contribution in [-0.2, 0) is 6.54 Å². The van der Waals surface area contributed by atoms with Crippen molar-refractivity contribution in [2.24, 2.45) is 5.73 Å². The summed E-state index contributed by atoms with van der Waals surface area (Å²) in [5.74, 6) is 1.27. The second-order valence-corrected chi connectivity index (χ2v) is 4.95. The van der Waals surface area contributed by atoms with E-state index >= 15 is 0 Å². The van der Waals surface area contributed by atoms with Gasteiger partial charge in [0.25, 0.3) is 0 Å². The lowest BCUT2D eigenvalue weighted by molar-refractivity contribution is 0.481. The van der Waals surface area contributed by atoms with Gasteiger partial charge in [0.05, 0.1) is 5.56 Å². The van der Waals surface area contributed by atoms with Crippen molar-refractivity contribution in [3.63, 3.8) is 0 Å². The topological polar surface area (TPSA) is 59.0 Å². The Morgan fingerprint density at radius 2 is 1.89 bits per heavy atom. The lowest BCUT2D eigenvalue weighted by Crippen LogP contribution is -1.97. The van der Waals surface area contributed by atoms with Crippen molar-refractivity contribution >= 4 is 22.6 Å². The molecule has 2 rings (SSSR count). The molecular formula is C14H11IN2O. The maximum Gasteiger partial charge on any atom is 0.145 e. The van der Waals surface area contributed by atoms with Gasteiger partial charge in [-0.25, -0.2) is 0 Å². The van der Waals surface area contributed by atoms with Crippen LogP contribution in [0.3, 0.4) is 0 Å². The number of nitrogens with zero attached hydrogens (tertiary/aromatic N) is 1. The highest BCUT2D eigenvalue weighted by molar-refractivity contribution is 14.1. The molecule has 0 radical (unpaired) electrons. The van der Waals surface area contributed by atoms with Crippen molar-refractivity contribution in [3.8, 4) is 17.6 Å². The van der Waals surface area contributed by atoms with Crippen LogP contribution in [0.15, 0.2) is 42.5 Å². The first-order valence-corrected chi connectivity index (χ1v) is 6.47. The SMILES string of the molecule is N#Cc1cc(CN)ccc1Oc1ccc(I)cc1. The summed E-state index contributed by atoms with van der Waals surface area (Å²) in [6.45, 7) is 0.415. The van der Waals surface area contributed by atoms with Crippen molar-refractivity contribution in [1.82, 2.24) is 0 Å². The van der Waals surface area contributed by atoms with Crippen LogP contribution in [0.25, 0.3) is 0 Å². The third-order valence-electron chi connectivity index (χ3n) is 2.44. The van der Waals surface area contributed by atoms with Gasteiger partial charge < -0.3 is 10.5 Å². The second-order valence-electron chi connectivity index (χ2n) is 3.70. The number of nitrogens with two attached hydrogens (primary N) is 1. The van der Waals surface area contributed by atoms with Crippen LogP contribution >= 0.6 is 22.6 Å². The maximum atomic E-state index is 9.09. The molecule has 0 fully saturated rings. The van der Waals surface area contributed by atoms with Gasteiger partial charge in [0, 0.05) is 10.1 Å². The predicted octanol–water partition coefficient (Wildman–Crippen LogP) is 3.41. The van der Waals surface area contributed by atoms with E-state index in [-0.39, 0.29) is 0 Å². The Morgan fingerprint density at radius 1 is 1.17 bits per heavy atom. The first kappa shape index (κ1) is 12.9. The van der Waals surface area contributed by atoms with Crippen LogP contribution in [0.2, 0.25) is 0 Å². The van der Waals surface area contributed by atoms with Gasteiger partial charge in [-0.05, 0) is 64.6 Å². The summed E-state index contributed by atoms with van der Waals surface area (Å²) >= 11 is 2.23. The molecule has 3 nitrogen and oxygen atoms in total. The normalized spacial score (nSPS) is 9.83. The van der Waals surface area contributed by atoms with E-state index in [0.717, 1.165) is 9.13 Å². The summed E-state index contributed by atoms with van der Waals surface area (Å²) in [5.41, 5.74) is 6.96. The third kappa shape index (κ3) is 3.00. The Balaban J connectivity index is 2.29. The average molecular weight is 350 g/mol. The molecule has 0 aliphatic carbocycles. The molecule has 0 saturated heterocycles. The zero-order chi connectivity index (χ0) is 13.0. The zero-order valence-electron chi connectivity index (χ0n) is 9.56. The molecule has 0 aliphatic rings. The smallest absolute Gasteiger partial charge is 0.145 e. The molecule has 0 aliphatic heterocycles. The molecule has 0 unspecified atom stereocenters. The standard InChI is InChI=1S/C14H11IN2O/c15-12-2-4-13(5-3-12)18-14-6-1-10(8-16)7-11(14)9-17/h1-7H,8,16H2. The summed E-state index contributed by atoms with van der Waals surface area (Å²) in [5, 5.41) is 9.09. The number of hydrogen-bond donors (Lipinski definition) is 1. The van der Waals surface area contributed by atoms with E-state index in [9.17, 15) is 0 Å². The van der Waals surface area contributed by atoms with Crippen molar-refractivity contribution in [1.29, 1.82) is 5.26 Å². The number of nitriles is 1. The Kier molecular flexibility index (Phi) is 4.18. The third-order valence-corrected chi connectivity index (χ3v) is 3.16. The minimum Gasteiger partial charge on any atom is -0.456 e. The largest absolute Gasteiger partial charge is 0.456 e. The van der Waals surface area contributed by atoms with Crippen LogP contribution in [0.5, 0.6) is 11.5 Å². The van der Waals surface area contributed by atoms with E-state index in [2.05, 4.69) is 28.7 Å². The number of benzene rings is 2. The van der Waals surface area contributed by atoms with Crippen molar-refractivity contribution in [2.45, 2.75) is 6.54 Å². The highest BCUT2D eigenvalue weighted by Gasteiger charge is 2.05. The fraction of sp³-hybridized carbons (Fsp3) is 0.0714. The minimum absolute atomic E-state index is 0.415. The van der Waals surface area contributed by atoms with Gasteiger partial charge >= 0.3 is 0 Å². The molecule has 2 N–H and O–H groups in total.